The fourth-order valence-corrected chi connectivity index (χ4v) is 0.196. The van der Waals surface area contributed by atoms with Crippen molar-refractivity contribution >= 4 is 23.2 Å². The fourth-order valence-electron chi connectivity index (χ4n) is 0.0868. The second-order valence-electron chi connectivity index (χ2n) is 0.678. The first-order chi connectivity index (χ1) is 3.27. The molecule has 0 aromatic carbocycles. The minimum Gasteiger partial charge on any atom is -0.192 e. The first-order valence-corrected chi connectivity index (χ1v) is 2.18. The fraction of sp³-hybridized carbons (Fsp3) is 0. The summed E-state index contributed by atoms with van der Waals surface area (Å²) in [5.74, 6) is 0. The van der Waals surface area contributed by atoms with Gasteiger partial charge in [0.2, 0.25) is 0 Å². The third kappa shape index (κ3) is 5.59. The molecule has 0 aliphatic carbocycles. The molecule has 7 heavy (non-hydrogen) atoms. The van der Waals surface area contributed by atoms with Crippen LogP contribution in [0.1, 0.15) is 0 Å². The molecule has 0 bridgehead atoms. The number of rotatable bonds is 0. The topological polar surface area (TPSA) is 23.8 Å². The number of nitriles is 1. The molecule has 0 aromatic rings. The van der Waals surface area contributed by atoms with Crippen molar-refractivity contribution in [3.05, 3.63) is 16.3 Å². The number of hydrogen-bond donors (Lipinski definition) is 0. The first kappa shape index (κ1) is 6.59. The van der Waals surface area contributed by atoms with Crippen LogP contribution < -0.4 is 0 Å². The summed E-state index contributed by atoms with van der Waals surface area (Å²) >= 11 is 10.1. The van der Waals surface area contributed by atoms with Crippen molar-refractivity contribution in [3.8, 4) is 6.07 Å². The van der Waals surface area contributed by atoms with Crippen LogP contribution in [0.4, 0.5) is 0 Å². The molecule has 0 radical (unpaired) electrons. The average Bonchev–Trinajstić information content (AvgIpc) is 1.61. The maximum atomic E-state index is 7.82. The van der Waals surface area contributed by atoms with E-state index >= 15 is 0 Å². The highest BCUT2D eigenvalue weighted by Gasteiger charge is 1.70. The van der Waals surface area contributed by atoms with E-state index in [1.807, 2.05) is 0 Å². The van der Waals surface area contributed by atoms with Crippen LogP contribution in [-0.4, -0.2) is 0 Å². The normalized spacial score (nSPS) is 5.86. The number of halogens is 2. The Balaban J connectivity index is 3.95. The van der Waals surface area contributed by atoms with Crippen LogP contribution >= 0.6 is 23.2 Å². The molecule has 0 saturated carbocycles. The van der Waals surface area contributed by atoms with Crippen LogP contribution in [0.2, 0.25) is 0 Å². The van der Waals surface area contributed by atoms with Gasteiger partial charge in [-0.3, -0.25) is 0 Å². The van der Waals surface area contributed by atoms with Gasteiger partial charge in [0.05, 0.1) is 12.1 Å². The molecule has 0 spiro atoms. The van der Waals surface area contributed by atoms with E-state index in [0.29, 0.717) is 0 Å². The van der Waals surface area contributed by atoms with Gasteiger partial charge >= 0.3 is 0 Å². The van der Waals surface area contributed by atoms with E-state index in [1.165, 1.54) is 0 Å². The van der Waals surface area contributed by atoms with E-state index in [4.69, 9.17) is 28.5 Å². The molecule has 0 aliphatic heterocycles. The SMILES string of the molecule is N#CC=C=C(Cl)Cl. The second-order valence-corrected chi connectivity index (χ2v) is 1.63. The molecular weight excluding hydrogens is 133 g/mol. The predicted molar refractivity (Wildman–Crippen MR) is 28.9 cm³/mol. The van der Waals surface area contributed by atoms with Crippen molar-refractivity contribution in [2.45, 2.75) is 0 Å². The quantitative estimate of drug-likeness (QED) is 0.367. The van der Waals surface area contributed by atoms with Crippen molar-refractivity contribution < 1.29 is 0 Å². The van der Waals surface area contributed by atoms with Crippen molar-refractivity contribution in [1.82, 2.24) is 0 Å². The van der Waals surface area contributed by atoms with Crippen molar-refractivity contribution in [3.63, 3.8) is 0 Å². The van der Waals surface area contributed by atoms with Gasteiger partial charge in [-0.15, -0.1) is 0 Å². The molecule has 36 valence electrons. The van der Waals surface area contributed by atoms with Crippen molar-refractivity contribution in [2.24, 2.45) is 0 Å². The molecule has 0 aliphatic rings. The van der Waals surface area contributed by atoms with Crippen LogP contribution in [0.15, 0.2) is 16.3 Å². The van der Waals surface area contributed by atoms with Gasteiger partial charge in [-0.1, -0.05) is 28.9 Å². The van der Waals surface area contributed by atoms with Gasteiger partial charge in [0.25, 0.3) is 0 Å². The summed E-state index contributed by atoms with van der Waals surface area (Å²) in [6.45, 7) is 0. The molecule has 0 aromatic heterocycles. The van der Waals surface area contributed by atoms with Gasteiger partial charge in [0.15, 0.2) is 0 Å². The number of hydrogen-bond acceptors (Lipinski definition) is 1. The largest absolute Gasteiger partial charge is 0.192 e. The molecule has 0 amide bonds. The highest BCUT2D eigenvalue weighted by molar-refractivity contribution is 6.55. The minimum absolute atomic E-state index is 0.0263. The zero-order valence-electron chi connectivity index (χ0n) is 3.28. The second kappa shape index (κ2) is 3.77. The smallest absolute Gasteiger partial charge is 0.149 e. The molecule has 0 heterocycles. The van der Waals surface area contributed by atoms with Gasteiger partial charge in [-0.05, 0) is 0 Å². The predicted octanol–water partition coefficient (Wildman–Crippen LogP) is 1.98. The highest BCUT2D eigenvalue weighted by Crippen LogP contribution is 2.01. The van der Waals surface area contributed by atoms with E-state index in [1.54, 1.807) is 6.07 Å². The zero-order valence-corrected chi connectivity index (χ0v) is 4.79. The van der Waals surface area contributed by atoms with Crippen LogP contribution in [0, 0.1) is 11.3 Å². The summed E-state index contributed by atoms with van der Waals surface area (Å²) in [5, 5.41) is 7.82. The lowest BCUT2D eigenvalue weighted by Gasteiger charge is -1.62. The molecule has 0 rings (SSSR count). The first-order valence-electron chi connectivity index (χ1n) is 1.43. The van der Waals surface area contributed by atoms with Crippen molar-refractivity contribution in [2.75, 3.05) is 0 Å². The summed E-state index contributed by atoms with van der Waals surface area (Å²) in [5.41, 5.74) is 2.26. The Morgan fingerprint density at radius 2 is 2.14 bits per heavy atom. The van der Waals surface area contributed by atoms with Gasteiger partial charge in [-0.2, -0.15) is 5.26 Å². The minimum atomic E-state index is -0.0263. The van der Waals surface area contributed by atoms with E-state index in [-0.39, 0.29) is 4.49 Å². The Hall–Kier alpha value is -0.410. The molecular formula is C4HCl2N. The molecule has 1 nitrogen and oxygen atoms in total. The van der Waals surface area contributed by atoms with Gasteiger partial charge < -0.3 is 0 Å². The van der Waals surface area contributed by atoms with E-state index in [0.717, 1.165) is 6.08 Å². The van der Waals surface area contributed by atoms with Crippen LogP contribution in [0.25, 0.3) is 0 Å². The molecule has 0 fully saturated rings. The Morgan fingerprint density at radius 1 is 1.57 bits per heavy atom. The molecule has 0 atom stereocenters. The van der Waals surface area contributed by atoms with Gasteiger partial charge in [-0.25, -0.2) is 0 Å². The monoisotopic (exact) mass is 133 g/mol. The Kier molecular flexibility index (Phi) is 3.55. The lowest BCUT2D eigenvalue weighted by atomic mass is 10.7. The van der Waals surface area contributed by atoms with Crippen LogP contribution in [-0.2, 0) is 0 Å². The Morgan fingerprint density at radius 3 is 2.29 bits per heavy atom. The van der Waals surface area contributed by atoms with Crippen LogP contribution in [0.5, 0.6) is 0 Å². The molecule has 0 saturated heterocycles. The molecule has 0 unspecified atom stereocenters. The van der Waals surface area contributed by atoms with Gasteiger partial charge in [0.1, 0.15) is 4.49 Å². The zero-order chi connectivity index (χ0) is 5.70. The summed E-state index contributed by atoms with van der Waals surface area (Å²) in [4.78, 5) is 0. The highest BCUT2D eigenvalue weighted by atomic mass is 35.5. The lowest BCUT2D eigenvalue weighted by Crippen LogP contribution is -1.40. The third-order valence-electron chi connectivity index (χ3n) is 0.246. The maximum absolute atomic E-state index is 7.82. The van der Waals surface area contributed by atoms with Crippen molar-refractivity contribution in [1.29, 1.82) is 5.26 Å². The number of nitrogens with zero attached hydrogens (tertiary/aromatic N) is 1. The van der Waals surface area contributed by atoms with E-state index in [2.05, 4.69) is 5.73 Å². The summed E-state index contributed by atoms with van der Waals surface area (Å²) in [7, 11) is 0. The molecule has 3 heteroatoms. The average molecular weight is 134 g/mol. The van der Waals surface area contributed by atoms with Crippen LogP contribution in [0.3, 0.4) is 0 Å². The summed E-state index contributed by atoms with van der Waals surface area (Å²) in [6, 6.07) is 1.67. The number of allylic oxidation sites excluding steroid dienone is 1. The van der Waals surface area contributed by atoms with E-state index < -0.39 is 0 Å². The Bertz CT molecular complexity index is 144. The summed E-state index contributed by atoms with van der Waals surface area (Å²) < 4.78 is -0.0263. The van der Waals surface area contributed by atoms with E-state index in [9.17, 15) is 0 Å². The van der Waals surface area contributed by atoms with Gasteiger partial charge in [0, 0.05) is 0 Å². The standard InChI is InChI=1S/C4HCl2N/c5-4(6)2-1-3-7/h1H. The summed E-state index contributed by atoms with van der Waals surface area (Å²) in [6.07, 6.45) is 1.08. The Labute approximate surface area is 51.5 Å². The third-order valence-corrected chi connectivity index (χ3v) is 0.464. The maximum Gasteiger partial charge on any atom is 0.149 e. The molecule has 0 N–H and O–H groups in total. The lowest BCUT2D eigenvalue weighted by molar-refractivity contribution is 1.54.